The first-order valence-corrected chi connectivity index (χ1v) is 8.22. The van der Waals surface area contributed by atoms with E-state index in [1.807, 2.05) is 30.3 Å². The maximum atomic E-state index is 10.8. The number of aliphatic hydroxyl groups excluding tert-OH is 1. The highest BCUT2D eigenvalue weighted by Crippen LogP contribution is 2.27. The van der Waals surface area contributed by atoms with E-state index in [9.17, 15) is 5.11 Å². The van der Waals surface area contributed by atoms with E-state index in [2.05, 4.69) is 25.7 Å². The molecule has 3 heteroatoms. The second kappa shape index (κ2) is 7.92. The molecule has 3 unspecified atom stereocenters. The molecule has 2 rings (SSSR count). The van der Waals surface area contributed by atoms with Gasteiger partial charge in [-0.3, -0.25) is 4.90 Å². The van der Waals surface area contributed by atoms with Crippen molar-refractivity contribution in [1.29, 1.82) is 0 Å². The fourth-order valence-corrected chi connectivity index (χ4v) is 3.34. The van der Waals surface area contributed by atoms with Gasteiger partial charge in [0.1, 0.15) is 0 Å². The SMILES string of the molecule is CCN(CC1CCCO1)C(C(C)C)C(O)c1ccccc1. The van der Waals surface area contributed by atoms with Crippen molar-refractivity contribution in [2.45, 2.75) is 51.9 Å². The summed E-state index contributed by atoms with van der Waals surface area (Å²) >= 11 is 0. The monoisotopic (exact) mass is 291 g/mol. The molecule has 1 N–H and O–H groups in total. The van der Waals surface area contributed by atoms with Gasteiger partial charge in [-0.1, -0.05) is 51.1 Å². The highest BCUT2D eigenvalue weighted by molar-refractivity contribution is 5.19. The van der Waals surface area contributed by atoms with Crippen LogP contribution in [0.15, 0.2) is 30.3 Å². The van der Waals surface area contributed by atoms with E-state index < -0.39 is 6.10 Å². The Morgan fingerprint density at radius 2 is 2.00 bits per heavy atom. The second-order valence-electron chi connectivity index (χ2n) is 6.31. The van der Waals surface area contributed by atoms with Crippen LogP contribution in [0.4, 0.5) is 0 Å². The molecule has 3 nitrogen and oxygen atoms in total. The summed E-state index contributed by atoms with van der Waals surface area (Å²) in [7, 11) is 0. The van der Waals surface area contributed by atoms with Gasteiger partial charge in [0.2, 0.25) is 0 Å². The Labute approximate surface area is 128 Å². The van der Waals surface area contributed by atoms with Gasteiger partial charge < -0.3 is 9.84 Å². The lowest BCUT2D eigenvalue weighted by Crippen LogP contribution is -2.46. The van der Waals surface area contributed by atoms with Gasteiger partial charge >= 0.3 is 0 Å². The molecule has 0 saturated carbocycles. The molecule has 1 heterocycles. The lowest BCUT2D eigenvalue weighted by atomic mass is 9.91. The number of ether oxygens (including phenoxy) is 1. The third kappa shape index (κ3) is 4.29. The van der Waals surface area contributed by atoms with E-state index in [-0.39, 0.29) is 6.04 Å². The molecule has 118 valence electrons. The van der Waals surface area contributed by atoms with Crippen LogP contribution in [0, 0.1) is 5.92 Å². The van der Waals surface area contributed by atoms with E-state index >= 15 is 0 Å². The largest absolute Gasteiger partial charge is 0.387 e. The Hall–Kier alpha value is -0.900. The number of benzene rings is 1. The van der Waals surface area contributed by atoms with Crippen LogP contribution in [0.2, 0.25) is 0 Å². The fourth-order valence-electron chi connectivity index (χ4n) is 3.34. The Bertz CT molecular complexity index is 401. The number of aliphatic hydroxyl groups is 1. The summed E-state index contributed by atoms with van der Waals surface area (Å²) in [4.78, 5) is 2.39. The average Bonchev–Trinajstić information content (AvgIpc) is 3.00. The second-order valence-corrected chi connectivity index (χ2v) is 6.31. The highest BCUT2D eigenvalue weighted by Gasteiger charge is 2.31. The summed E-state index contributed by atoms with van der Waals surface area (Å²) in [6.07, 6.45) is 2.18. The molecule has 0 radical (unpaired) electrons. The molecule has 1 aromatic carbocycles. The predicted octanol–water partition coefficient (Wildman–Crippen LogP) is 3.25. The zero-order valence-electron chi connectivity index (χ0n) is 13.5. The van der Waals surface area contributed by atoms with E-state index in [1.54, 1.807) is 0 Å². The minimum absolute atomic E-state index is 0.126. The third-order valence-electron chi connectivity index (χ3n) is 4.44. The van der Waals surface area contributed by atoms with E-state index in [0.717, 1.165) is 38.1 Å². The van der Waals surface area contributed by atoms with Crippen molar-refractivity contribution >= 4 is 0 Å². The van der Waals surface area contributed by atoms with Gasteiger partial charge in [-0.05, 0) is 30.9 Å². The first-order valence-electron chi connectivity index (χ1n) is 8.22. The molecule has 1 aliphatic heterocycles. The van der Waals surface area contributed by atoms with Crippen LogP contribution in [0.5, 0.6) is 0 Å². The van der Waals surface area contributed by atoms with E-state index in [1.165, 1.54) is 0 Å². The van der Waals surface area contributed by atoms with Crippen LogP contribution in [-0.4, -0.2) is 41.8 Å². The van der Waals surface area contributed by atoms with Gasteiger partial charge in [0.05, 0.1) is 12.2 Å². The summed E-state index contributed by atoms with van der Waals surface area (Å²) in [5, 5.41) is 10.8. The molecule has 0 amide bonds. The molecule has 0 spiro atoms. The number of hydrogen-bond donors (Lipinski definition) is 1. The molecular formula is C18H29NO2. The Morgan fingerprint density at radius 3 is 2.52 bits per heavy atom. The third-order valence-corrected chi connectivity index (χ3v) is 4.44. The number of nitrogens with zero attached hydrogens (tertiary/aromatic N) is 1. The standard InChI is InChI=1S/C18H29NO2/c1-4-19(13-16-11-8-12-21-16)17(14(2)3)18(20)15-9-6-5-7-10-15/h5-7,9-10,14,16-18,20H,4,8,11-13H2,1-3H3. The molecule has 0 aromatic heterocycles. The highest BCUT2D eigenvalue weighted by atomic mass is 16.5. The minimum atomic E-state index is -0.451. The normalized spacial score (nSPS) is 21.9. The Kier molecular flexibility index (Phi) is 6.22. The zero-order valence-corrected chi connectivity index (χ0v) is 13.5. The van der Waals surface area contributed by atoms with Crippen LogP contribution < -0.4 is 0 Å². The van der Waals surface area contributed by atoms with Crippen molar-refractivity contribution < 1.29 is 9.84 Å². The summed E-state index contributed by atoms with van der Waals surface area (Å²) < 4.78 is 5.78. The van der Waals surface area contributed by atoms with Crippen LogP contribution in [0.1, 0.15) is 45.3 Å². The van der Waals surface area contributed by atoms with E-state index in [4.69, 9.17) is 4.74 Å². The lowest BCUT2D eigenvalue weighted by molar-refractivity contribution is -0.00584. The van der Waals surface area contributed by atoms with Gasteiger partial charge in [-0.25, -0.2) is 0 Å². The number of likely N-dealkylation sites (N-methyl/N-ethyl adjacent to an activating group) is 1. The Balaban J connectivity index is 2.11. The lowest BCUT2D eigenvalue weighted by Gasteiger charge is -2.38. The van der Waals surface area contributed by atoms with Crippen molar-refractivity contribution in [2.24, 2.45) is 5.92 Å². The molecular weight excluding hydrogens is 262 g/mol. The van der Waals surface area contributed by atoms with Crippen LogP contribution in [-0.2, 0) is 4.74 Å². The maximum absolute atomic E-state index is 10.8. The molecule has 1 aromatic rings. The van der Waals surface area contributed by atoms with Crippen molar-refractivity contribution in [3.05, 3.63) is 35.9 Å². The van der Waals surface area contributed by atoms with E-state index in [0.29, 0.717) is 12.0 Å². The molecule has 21 heavy (non-hydrogen) atoms. The summed E-state index contributed by atoms with van der Waals surface area (Å²) in [5.41, 5.74) is 1.00. The van der Waals surface area contributed by atoms with Crippen molar-refractivity contribution in [3.63, 3.8) is 0 Å². The van der Waals surface area contributed by atoms with Gasteiger partial charge in [0.25, 0.3) is 0 Å². The smallest absolute Gasteiger partial charge is 0.0947 e. The van der Waals surface area contributed by atoms with Gasteiger partial charge in [-0.15, -0.1) is 0 Å². The van der Waals surface area contributed by atoms with Gasteiger partial charge in [-0.2, -0.15) is 0 Å². The van der Waals surface area contributed by atoms with Crippen molar-refractivity contribution in [2.75, 3.05) is 19.7 Å². The Morgan fingerprint density at radius 1 is 1.29 bits per heavy atom. The molecule has 1 aliphatic rings. The zero-order chi connectivity index (χ0) is 15.2. The van der Waals surface area contributed by atoms with Crippen LogP contribution in [0.3, 0.4) is 0 Å². The minimum Gasteiger partial charge on any atom is -0.387 e. The van der Waals surface area contributed by atoms with Crippen LogP contribution in [0.25, 0.3) is 0 Å². The van der Waals surface area contributed by atoms with Crippen LogP contribution >= 0.6 is 0 Å². The maximum Gasteiger partial charge on any atom is 0.0947 e. The summed E-state index contributed by atoms with van der Waals surface area (Å²) in [5.74, 6) is 0.390. The summed E-state index contributed by atoms with van der Waals surface area (Å²) in [6.45, 7) is 9.29. The average molecular weight is 291 g/mol. The molecule has 0 aliphatic carbocycles. The topological polar surface area (TPSA) is 32.7 Å². The predicted molar refractivity (Wildman–Crippen MR) is 86.2 cm³/mol. The molecule has 3 atom stereocenters. The quantitative estimate of drug-likeness (QED) is 0.837. The molecule has 1 saturated heterocycles. The number of hydrogen-bond acceptors (Lipinski definition) is 3. The van der Waals surface area contributed by atoms with Crippen molar-refractivity contribution in [3.8, 4) is 0 Å². The van der Waals surface area contributed by atoms with Crippen molar-refractivity contribution in [1.82, 2.24) is 4.90 Å². The first kappa shape index (κ1) is 16.5. The van der Waals surface area contributed by atoms with Gasteiger partial charge in [0, 0.05) is 19.2 Å². The summed E-state index contributed by atoms with van der Waals surface area (Å²) in [6, 6.07) is 10.1. The first-order chi connectivity index (χ1) is 10.1. The number of rotatable bonds is 7. The van der Waals surface area contributed by atoms with Gasteiger partial charge in [0.15, 0.2) is 0 Å². The molecule has 0 bridgehead atoms. The molecule has 1 fully saturated rings. The fraction of sp³-hybridized carbons (Fsp3) is 0.667.